The summed E-state index contributed by atoms with van der Waals surface area (Å²) in [7, 11) is 0. The number of hydrazine groups is 1. The number of primary amides is 1. The fourth-order valence-electron chi connectivity index (χ4n) is 4.22. The van der Waals surface area contributed by atoms with E-state index in [4.69, 9.17) is 5.73 Å². The summed E-state index contributed by atoms with van der Waals surface area (Å²) >= 11 is 1.49. The minimum atomic E-state index is -6.17. The number of alkyl halides is 8. The largest absolute Gasteiger partial charge is 0.461 e. The van der Waals surface area contributed by atoms with Gasteiger partial charge in [-0.05, 0) is 48.4 Å². The number of nitrogens with zero attached hydrogens (tertiary/aromatic N) is 2. The maximum atomic E-state index is 13.7. The molecule has 2 aromatic carbocycles. The third-order valence-corrected chi connectivity index (χ3v) is 6.86. The van der Waals surface area contributed by atoms with Crippen LogP contribution in [0.5, 0.6) is 0 Å². The van der Waals surface area contributed by atoms with Crippen LogP contribution in [0.25, 0.3) is 11.1 Å². The SMILES string of the molecule is CSC[C@H](C)NC(=O)c1c(C(N)=O)cccc1-c1ccc(CN2NC(C(F)(F)C(F)(F)F)=NC2C(F)(F)F)cc1C. The standard InChI is InChI=1S/C25H25F8N5O2S/c1-12-9-14(10-38-22(24(28,29)30)36-21(37-38)23(26,27)25(31,32)33)7-8-15(12)16-5-4-6-17(19(34)39)18(16)20(40)35-13(2)11-41-3/h4-9,13,22H,10-11H2,1-3H3,(H2,34,39)(H,35,40)(H,36,37)/t13-,22?/m0/s1. The van der Waals surface area contributed by atoms with E-state index < -0.39 is 48.6 Å². The number of benzene rings is 2. The lowest BCUT2D eigenvalue weighted by atomic mass is 9.91. The summed E-state index contributed by atoms with van der Waals surface area (Å²) in [6, 6.07) is 8.26. The van der Waals surface area contributed by atoms with E-state index in [1.54, 1.807) is 19.9 Å². The Morgan fingerprint density at radius 3 is 2.29 bits per heavy atom. The third-order valence-electron chi connectivity index (χ3n) is 6.03. The van der Waals surface area contributed by atoms with E-state index in [2.05, 4.69) is 10.3 Å². The summed E-state index contributed by atoms with van der Waals surface area (Å²) in [5.41, 5.74) is 8.08. The number of hydrogen-bond donors (Lipinski definition) is 3. The molecular weight excluding hydrogens is 586 g/mol. The van der Waals surface area contributed by atoms with Crippen LogP contribution in [0, 0.1) is 6.92 Å². The van der Waals surface area contributed by atoms with E-state index in [0.717, 1.165) is 0 Å². The zero-order chi connectivity index (χ0) is 30.9. The van der Waals surface area contributed by atoms with E-state index in [1.807, 2.05) is 6.26 Å². The van der Waals surface area contributed by atoms with Crippen LogP contribution in [0.4, 0.5) is 35.1 Å². The van der Waals surface area contributed by atoms with Crippen LogP contribution in [0.15, 0.2) is 41.4 Å². The number of amidine groups is 1. The fraction of sp³-hybridized carbons (Fsp3) is 0.400. The van der Waals surface area contributed by atoms with Crippen LogP contribution in [-0.4, -0.2) is 65.2 Å². The molecule has 0 radical (unpaired) electrons. The minimum absolute atomic E-state index is 0.0189. The Labute approximate surface area is 233 Å². The van der Waals surface area contributed by atoms with E-state index >= 15 is 0 Å². The van der Waals surface area contributed by atoms with Crippen LogP contribution in [-0.2, 0) is 6.54 Å². The van der Waals surface area contributed by atoms with Gasteiger partial charge in [0.1, 0.15) is 0 Å². The zero-order valence-corrected chi connectivity index (χ0v) is 22.6. The van der Waals surface area contributed by atoms with Crippen molar-refractivity contribution in [3.05, 3.63) is 58.7 Å². The first-order valence-corrected chi connectivity index (χ1v) is 13.2. The van der Waals surface area contributed by atoms with Crippen molar-refractivity contribution >= 4 is 29.4 Å². The average Bonchev–Trinajstić information content (AvgIpc) is 3.28. The maximum Gasteiger partial charge on any atom is 0.461 e. The molecule has 0 saturated heterocycles. The highest BCUT2D eigenvalue weighted by molar-refractivity contribution is 7.98. The number of hydrogen-bond acceptors (Lipinski definition) is 6. The normalized spacial score (nSPS) is 17.1. The van der Waals surface area contributed by atoms with Crippen molar-refractivity contribution in [2.24, 2.45) is 10.7 Å². The Balaban J connectivity index is 1.97. The van der Waals surface area contributed by atoms with Crippen molar-refractivity contribution in [2.45, 2.75) is 50.9 Å². The highest BCUT2D eigenvalue weighted by atomic mass is 32.2. The van der Waals surface area contributed by atoms with Gasteiger partial charge in [-0.1, -0.05) is 30.3 Å². The molecule has 0 saturated carbocycles. The second-order valence-corrected chi connectivity index (χ2v) is 10.2. The zero-order valence-electron chi connectivity index (χ0n) is 21.8. The molecule has 16 heteroatoms. The van der Waals surface area contributed by atoms with Gasteiger partial charge in [0.25, 0.3) is 5.91 Å². The number of nitrogens with two attached hydrogens (primary N) is 1. The van der Waals surface area contributed by atoms with Crippen molar-refractivity contribution in [1.29, 1.82) is 0 Å². The Morgan fingerprint density at radius 2 is 1.76 bits per heavy atom. The summed E-state index contributed by atoms with van der Waals surface area (Å²) < 4.78 is 106. The Morgan fingerprint density at radius 1 is 1.10 bits per heavy atom. The van der Waals surface area contributed by atoms with E-state index in [-0.39, 0.29) is 27.7 Å². The van der Waals surface area contributed by atoms with Gasteiger partial charge in [-0.25, -0.2) is 4.99 Å². The molecule has 1 unspecified atom stereocenters. The van der Waals surface area contributed by atoms with Gasteiger partial charge in [0.2, 0.25) is 12.1 Å². The predicted octanol–water partition coefficient (Wildman–Crippen LogP) is 5.05. The van der Waals surface area contributed by atoms with Crippen molar-refractivity contribution in [2.75, 3.05) is 12.0 Å². The van der Waals surface area contributed by atoms with Crippen molar-refractivity contribution in [3.8, 4) is 11.1 Å². The van der Waals surface area contributed by atoms with Gasteiger partial charge in [0.05, 0.1) is 11.1 Å². The van der Waals surface area contributed by atoms with Gasteiger partial charge >= 0.3 is 18.3 Å². The number of thioether (sulfide) groups is 1. The van der Waals surface area contributed by atoms with Crippen LogP contribution >= 0.6 is 11.8 Å². The fourth-order valence-corrected chi connectivity index (χ4v) is 4.80. The smallest absolute Gasteiger partial charge is 0.366 e. The topological polar surface area (TPSA) is 99.8 Å². The number of nitrogens with one attached hydrogen (secondary N) is 2. The number of amides is 2. The predicted molar refractivity (Wildman–Crippen MR) is 137 cm³/mol. The molecule has 0 aliphatic carbocycles. The van der Waals surface area contributed by atoms with Gasteiger partial charge in [0, 0.05) is 18.3 Å². The minimum Gasteiger partial charge on any atom is -0.366 e. The van der Waals surface area contributed by atoms with E-state index in [0.29, 0.717) is 22.4 Å². The number of carbonyl (C=O) groups is 2. The molecule has 7 nitrogen and oxygen atoms in total. The lowest BCUT2D eigenvalue weighted by Crippen LogP contribution is -2.53. The van der Waals surface area contributed by atoms with Gasteiger partial charge in [-0.2, -0.15) is 51.9 Å². The summed E-state index contributed by atoms with van der Waals surface area (Å²) in [4.78, 5) is 27.9. The molecule has 2 amide bonds. The number of rotatable bonds is 9. The number of carbonyl (C=O) groups excluding carboxylic acids is 2. The molecule has 1 heterocycles. The Kier molecular flexibility index (Phi) is 9.27. The summed E-state index contributed by atoms with van der Waals surface area (Å²) in [6.45, 7) is 2.56. The number of aryl methyl sites for hydroxylation is 1. The van der Waals surface area contributed by atoms with E-state index in [9.17, 15) is 44.7 Å². The van der Waals surface area contributed by atoms with E-state index in [1.165, 1.54) is 47.5 Å². The summed E-state index contributed by atoms with van der Waals surface area (Å²) in [6.07, 6.45) is -12.6. The highest BCUT2D eigenvalue weighted by Crippen LogP contribution is 2.40. The summed E-state index contributed by atoms with van der Waals surface area (Å²) in [5.74, 6) is -8.68. The van der Waals surface area contributed by atoms with Gasteiger partial charge in [0.15, 0.2) is 5.84 Å². The van der Waals surface area contributed by atoms with Crippen LogP contribution in [0.1, 0.15) is 38.8 Å². The van der Waals surface area contributed by atoms with Crippen LogP contribution in [0.2, 0.25) is 0 Å². The maximum absolute atomic E-state index is 13.7. The Hall–Kier alpha value is -3.40. The van der Waals surface area contributed by atoms with Gasteiger partial charge < -0.3 is 11.1 Å². The third kappa shape index (κ3) is 6.92. The molecule has 2 atom stereocenters. The molecule has 3 rings (SSSR count). The highest BCUT2D eigenvalue weighted by Gasteiger charge is 2.64. The first-order valence-electron chi connectivity index (χ1n) is 11.8. The van der Waals surface area contributed by atoms with Crippen LogP contribution in [0.3, 0.4) is 0 Å². The second-order valence-electron chi connectivity index (χ2n) is 9.28. The molecule has 1 aliphatic heterocycles. The molecule has 1 aliphatic rings. The van der Waals surface area contributed by atoms with Crippen molar-refractivity contribution in [1.82, 2.24) is 15.8 Å². The molecular formula is C25H25F8N5O2S. The summed E-state index contributed by atoms with van der Waals surface area (Å²) in [5, 5.41) is 2.91. The molecule has 0 spiro atoms. The quantitative estimate of drug-likeness (QED) is 0.345. The van der Waals surface area contributed by atoms with Crippen molar-refractivity contribution < 1.29 is 44.7 Å². The lowest BCUT2D eigenvalue weighted by Gasteiger charge is -2.26. The van der Waals surface area contributed by atoms with Crippen molar-refractivity contribution in [3.63, 3.8) is 0 Å². The second kappa shape index (κ2) is 11.8. The molecule has 224 valence electrons. The molecule has 0 fully saturated rings. The molecule has 0 aromatic heterocycles. The van der Waals surface area contributed by atoms with Gasteiger partial charge in [-0.3, -0.25) is 15.0 Å². The lowest BCUT2D eigenvalue weighted by molar-refractivity contribution is -0.250. The monoisotopic (exact) mass is 611 g/mol. The molecule has 2 aromatic rings. The van der Waals surface area contributed by atoms with Gasteiger partial charge in [-0.15, -0.1) is 0 Å². The molecule has 41 heavy (non-hydrogen) atoms. The Bertz CT molecular complexity index is 1350. The number of halogens is 8. The molecule has 0 bridgehead atoms. The number of aliphatic imine (C=N–C) groups is 1. The first-order chi connectivity index (χ1) is 18.9. The average molecular weight is 612 g/mol. The van der Waals surface area contributed by atoms with Crippen LogP contribution < -0.4 is 16.5 Å². The first kappa shape index (κ1) is 32.1. The molecule has 4 N–H and O–H groups in total.